The quantitative estimate of drug-likeness (QED) is 0.399. The molecular weight excluding hydrogens is 314 g/mol. The molecule has 128 valence electrons. The monoisotopic (exact) mass is 338 g/mol. The Balaban J connectivity index is 2.05. The van der Waals surface area contributed by atoms with Gasteiger partial charge in [-0.2, -0.15) is 0 Å². The summed E-state index contributed by atoms with van der Waals surface area (Å²) in [6, 6.07) is 24.2. The Morgan fingerprint density at radius 2 is 1.50 bits per heavy atom. The number of rotatable bonds is 2. The third-order valence-electron chi connectivity index (χ3n) is 5.32. The number of fused-ring (bicyclic) bond motifs is 1. The van der Waals surface area contributed by atoms with Crippen molar-refractivity contribution < 1.29 is 4.57 Å². The summed E-state index contributed by atoms with van der Waals surface area (Å²) in [5, 5.41) is 2.59. The summed E-state index contributed by atoms with van der Waals surface area (Å²) in [7, 11) is 2.14. The van der Waals surface area contributed by atoms with Gasteiger partial charge in [0.1, 0.15) is 7.05 Å². The zero-order valence-electron chi connectivity index (χ0n) is 15.9. The highest BCUT2D eigenvalue weighted by atomic mass is 14.9. The Hall–Kier alpha value is -2.93. The van der Waals surface area contributed by atoms with Gasteiger partial charge in [0.05, 0.1) is 10.9 Å². The van der Waals surface area contributed by atoms with Crippen LogP contribution in [0.2, 0.25) is 0 Å². The van der Waals surface area contributed by atoms with Crippen molar-refractivity contribution in [2.24, 2.45) is 7.05 Å². The number of aromatic nitrogens is 1. The van der Waals surface area contributed by atoms with Gasteiger partial charge in [0.15, 0.2) is 6.20 Å². The number of nitrogens with zero attached hydrogens (tertiary/aromatic N) is 1. The van der Waals surface area contributed by atoms with Gasteiger partial charge in [-0.1, -0.05) is 54.1 Å². The lowest BCUT2D eigenvalue weighted by atomic mass is 9.91. The van der Waals surface area contributed by atoms with Crippen LogP contribution in [0.1, 0.15) is 16.7 Å². The SMILES string of the molecule is Cc1ccc2cc[n+](C)c(-c3cc(-c4ccccc4)cc(C)c3C)c2c1. The summed E-state index contributed by atoms with van der Waals surface area (Å²) >= 11 is 0. The third kappa shape index (κ3) is 2.80. The summed E-state index contributed by atoms with van der Waals surface area (Å²) in [5.74, 6) is 0. The van der Waals surface area contributed by atoms with E-state index in [4.69, 9.17) is 0 Å². The lowest BCUT2D eigenvalue weighted by Gasteiger charge is -2.13. The molecular formula is C25H24N+. The van der Waals surface area contributed by atoms with E-state index < -0.39 is 0 Å². The molecule has 0 aliphatic carbocycles. The second kappa shape index (κ2) is 6.42. The molecule has 1 heteroatoms. The van der Waals surface area contributed by atoms with Crippen molar-refractivity contribution >= 4 is 10.8 Å². The fourth-order valence-electron chi connectivity index (χ4n) is 3.71. The molecule has 0 bridgehead atoms. The smallest absolute Gasteiger partial charge is 0.200 e. The highest BCUT2D eigenvalue weighted by Crippen LogP contribution is 2.33. The average molecular weight is 338 g/mol. The maximum Gasteiger partial charge on any atom is 0.220 e. The van der Waals surface area contributed by atoms with Crippen LogP contribution < -0.4 is 4.57 Å². The standard InChI is InChI=1S/C25H24N/c1-17-10-11-21-12-13-26(4)25(24(21)14-17)23-16-22(15-18(2)19(23)3)20-8-6-5-7-9-20/h5-16H,1-4H3/q+1. The van der Waals surface area contributed by atoms with Gasteiger partial charge in [-0.15, -0.1) is 0 Å². The molecule has 0 saturated heterocycles. The first kappa shape index (κ1) is 16.5. The summed E-state index contributed by atoms with van der Waals surface area (Å²) in [5.41, 5.74) is 9.08. The Kier molecular flexibility index (Phi) is 4.08. The zero-order valence-corrected chi connectivity index (χ0v) is 15.9. The van der Waals surface area contributed by atoms with Crippen LogP contribution in [0.3, 0.4) is 0 Å². The van der Waals surface area contributed by atoms with Crippen LogP contribution in [0.5, 0.6) is 0 Å². The minimum Gasteiger partial charge on any atom is -0.200 e. The van der Waals surface area contributed by atoms with Crippen molar-refractivity contribution in [2.45, 2.75) is 20.8 Å². The maximum atomic E-state index is 2.34. The lowest BCUT2D eigenvalue weighted by Crippen LogP contribution is -2.30. The average Bonchev–Trinajstić information content (AvgIpc) is 2.65. The number of hydrogen-bond donors (Lipinski definition) is 0. The molecule has 0 amide bonds. The summed E-state index contributed by atoms with van der Waals surface area (Å²) in [4.78, 5) is 0. The first-order valence-electron chi connectivity index (χ1n) is 9.10. The molecule has 3 aromatic carbocycles. The van der Waals surface area contributed by atoms with Crippen molar-refractivity contribution in [1.82, 2.24) is 0 Å². The molecule has 0 N–H and O–H groups in total. The molecule has 0 unspecified atom stereocenters. The minimum atomic E-state index is 1.26. The van der Waals surface area contributed by atoms with Crippen LogP contribution in [0, 0.1) is 20.8 Å². The predicted octanol–water partition coefficient (Wildman–Crippen LogP) is 5.92. The summed E-state index contributed by atoms with van der Waals surface area (Å²) in [6.07, 6.45) is 2.16. The highest BCUT2D eigenvalue weighted by molar-refractivity contribution is 5.95. The number of benzene rings is 3. The van der Waals surface area contributed by atoms with Gasteiger partial charge in [-0.05, 0) is 60.5 Å². The van der Waals surface area contributed by atoms with Crippen molar-refractivity contribution in [3.63, 3.8) is 0 Å². The normalized spacial score (nSPS) is 11.1. The van der Waals surface area contributed by atoms with E-state index in [1.165, 1.54) is 49.8 Å². The Morgan fingerprint density at radius 3 is 2.27 bits per heavy atom. The molecule has 0 aliphatic rings. The third-order valence-corrected chi connectivity index (χ3v) is 5.32. The number of hydrogen-bond acceptors (Lipinski definition) is 0. The summed E-state index contributed by atoms with van der Waals surface area (Å²) < 4.78 is 2.25. The molecule has 1 aromatic heterocycles. The summed E-state index contributed by atoms with van der Waals surface area (Å²) in [6.45, 7) is 6.60. The molecule has 26 heavy (non-hydrogen) atoms. The highest BCUT2D eigenvalue weighted by Gasteiger charge is 2.19. The van der Waals surface area contributed by atoms with E-state index in [9.17, 15) is 0 Å². The van der Waals surface area contributed by atoms with Crippen LogP contribution in [-0.4, -0.2) is 0 Å². The first-order chi connectivity index (χ1) is 12.5. The zero-order chi connectivity index (χ0) is 18.3. The van der Waals surface area contributed by atoms with E-state index >= 15 is 0 Å². The lowest BCUT2D eigenvalue weighted by molar-refractivity contribution is -0.659. The van der Waals surface area contributed by atoms with Gasteiger partial charge >= 0.3 is 0 Å². The van der Waals surface area contributed by atoms with Crippen molar-refractivity contribution in [3.05, 3.63) is 89.6 Å². The fraction of sp³-hybridized carbons (Fsp3) is 0.160. The first-order valence-corrected chi connectivity index (χ1v) is 9.10. The second-order valence-electron chi connectivity index (χ2n) is 7.20. The number of aryl methyl sites for hydroxylation is 3. The molecule has 4 rings (SSSR count). The molecule has 1 nitrogen and oxygen atoms in total. The van der Waals surface area contributed by atoms with Gasteiger partial charge in [-0.3, -0.25) is 0 Å². The van der Waals surface area contributed by atoms with E-state index in [-0.39, 0.29) is 0 Å². The van der Waals surface area contributed by atoms with Crippen LogP contribution in [0.25, 0.3) is 33.2 Å². The van der Waals surface area contributed by atoms with E-state index in [2.05, 4.69) is 105 Å². The van der Waals surface area contributed by atoms with Gasteiger partial charge in [0, 0.05) is 6.07 Å². The van der Waals surface area contributed by atoms with E-state index in [1.807, 2.05) is 0 Å². The fourth-order valence-corrected chi connectivity index (χ4v) is 3.71. The van der Waals surface area contributed by atoms with Crippen LogP contribution >= 0.6 is 0 Å². The van der Waals surface area contributed by atoms with Crippen molar-refractivity contribution in [2.75, 3.05) is 0 Å². The largest absolute Gasteiger partial charge is 0.220 e. The van der Waals surface area contributed by atoms with Gasteiger partial charge in [0.25, 0.3) is 0 Å². The van der Waals surface area contributed by atoms with Gasteiger partial charge < -0.3 is 0 Å². The van der Waals surface area contributed by atoms with Crippen LogP contribution in [0.15, 0.2) is 72.9 Å². The van der Waals surface area contributed by atoms with E-state index in [0.29, 0.717) is 0 Å². The molecule has 0 radical (unpaired) electrons. The molecule has 0 atom stereocenters. The van der Waals surface area contributed by atoms with Crippen molar-refractivity contribution in [1.29, 1.82) is 0 Å². The number of pyridine rings is 1. The second-order valence-corrected chi connectivity index (χ2v) is 7.20. The van der Waals surface area contributed by atoms with E-state index in [1.54, 1.807) is 0 Å². The topological polar surface area (TPSA) is 3.88 Å². The van der Waals surface area contributed by atoms with Gasteiger partial charge in [-0.25, -0.2) is 4.57 Å². The predicted molar refractivity (Wildman–Crippen MR) is 110 cm³/mol. The molecule has 0 spiro atoms. The Morgan fingerprint density at radius 1 is 0.731 bits per heavy atom. The molecule has 4 aromatic rings. The van der Waals surface area contributed by atoms with Crippen LogP contribution in [-0.2, 0) is 7.05 Å². The van der Waals surface area contributed by atoms with Crippen LogP contribution in [0.4, 0.5) is 0 Å². The van der Waals surface area contributed by atoms with Gasteiger partial charge in [0.2, 0.25) is 5.69 Å². The van der Waals surface area contributed by atoms with Crippen molar-refractivity contribution in [3.8, 4) is 22.4 Å². The molecule has 0 aliphatic heterocycles. The Bertz CT molecular complexity index is 1100. The minimum absolute atomic E-state index is 1.26. The molecule has 1 heterocycles. The molecule has 0 fully saturated rings. The van der Waals surface area contributed by atoms with E-state index in [0.717, 1.165) is 0 Å². The maximum absolute atomic E-state index is 2.34. The molecule has 0 saturated carbocycles. The Labute approximate surface area is 155 Å².